The molecule has 0 radical (unpaired) electrons. The van der Waals surface area contributed by atoms with Gasteiger partial charge in [0.05, 0.1) is 0 Å². The highest BCUT2D eigenvalue weighted by molar-refractivity contribution is 7.99. The first-order chi connectivity index (χ1) is 13.5. The van der Waals surface area contributed by atoms with E-state index in [0.717, 1.165) is 46.0 Å². The third-order valence-corrected chi connectivity index (χ3v) is 6.13. The SMILES string of the molecule is Cc1cc(=O)[nH]c(SCCCCCCCCCCSc2nc(C)cc(=O)[nH]2)n1. The van der Waals surface area contributed by atoms with Crippen molar-refractivity contribution in [3.8, 4) is 0 Å². The fraction of sp³-hybridized carbons (Fsp3) is 0.600. The minimum atomic E-state index is -0.0724. The molecule has 0 saturated carbocycles. The molecule has 2 heterocycles. The number of hydrogen-bond donors (Lipinski definition) is 2. The number of aromatic nitrogens is 4. The fourth-order valence-corrected chi connectivity index (χ4v) is 4.69. The normalized spacial score (nSPS) is 11.1. The van der Waals surface area contributed by atoms with Gasteiger partial charge in [-0.2, -0.15) is 0 Å². The summed E-state index contributed by atoms with van der Waals surface area (Å²) in [5, 5.41) is 1.46. The summed E-state index contributed by atoms with van der Waals surface area (Å²) in [6, 6.07) is 3.03. The van der Waals surface area contributed by atoms with Gasteiger partial charge in [-0.1, -0.05) is 62.0 Å². The van der Waals surface area contributed by atoms with Crippen molar-refractivity contribution in [2.75, 3.05) is 11.5 Å². The monoisotopic (exact) mass is 422 g/mol. The average Bonchev–Trinajstić information content (AvgIpc) is 2.61. The molecule has 8 heteroatoms. The quantitative estimate of drug-likeness (QED) is 0.281. The molecule has 6 nitrogen and oxygen atoms in total. The molecule has 0 aromatic carbocycles. The molecular weight excluding hydrogens is 392 g/mol. The van der Waals surface area contributed by atoms with E-state index in [0.29, 0.717) is 0 Å². The first-order valence-electron chi connectivity index (χ1n) is 9.94. The number of nitrogens with zero attached hydrogens (tertiary/aromatic N) is 2. The van der Waals surface area contributed by atoms with Crippen LogP contribution in [-0.2, 0) is 0 Å². The van der Waals surface area contributed by atoms with Crippen molar-refractivity contribution < 1.29 is 0 Å². The van der Waals surface area contributed by atoms with E-state index in [4.69, 9.17) is 0 Å². The Kier molecular flexibility index (Phi) is 10.4. The molecule has 2 N–H and O–H groups in total. The molecule has 0 aliphatic heterocycles. The fourth-order valence-electron chi connectivity index (χ4n) is 2.84. The summed E-state index contributed by atoms with van der Waals surface area (Å²) in [4.78, 5) is 37.0. The molecule has 0 amide bonds. The first kappa shape index (κ1) is 22.7. The molecule has 2 aromatic rings. The number of thioether (sulfide) groups is 2. The van der Waals surface area contributed by atoms with Crippen LogP contribution in [0.1, 0.15) is 62.8 Å². The lowest BCUT2D eigenvalue weighted by atomic mass is 10.1. The van der Waals surface area contributed by atoms with E-state index in [-0.39, 0.29) is 11.1 Å². The lowest BCUT2D eigenvalue weighted by Crippen LogP contribution is -2.08. The first-order valence-corrected chi connectivity index (χ1v) is 11.9. The number of hydrogen-bond acceptors (Lipinski definition) is 6. The minimum absolute atomic E-state index is 0.0724. The summed E-state index contributed by atoms with van der Waals surface area (Å²) in [6.45, 7) is 3.69. The van der Waals surface area contributed by atoms with Crippen molar-refractivity contribution in [1.82, 2.24) is 19.9 Å². The second-order valence-corrected chi connectivity index (χ2v) is 9.08. The number of nitrogens with one attached hydrogen (secondary N) is 2. The van der Waals surface area contributed by atoms with Gasteiger partial charge in [0, 0.05) is 35.0 Å². The van der Waals surface area contributed by atoms with E-state index in [2.05, 4.69) is 19.9 Å². The zero-order valence-corrected chi connectivity index (χ0v) is 18.4. The Hall–Kier alpha value is -1.54. The molecule has 0 aliphatic carbocycles. The summed E-state index contributed by atoms with van der Waals surface area (Å²) in [5.41, 5.74) is 1.40. The zero-order chi connectivity index (χ0) is 20.2. The highest BCUT2D eigenvalue weighted by Gasteiger charge is 2.01. The number of aromatic amines is 2. The lowest BCUT2D eigenvalue weighted by molar-refractivity contribution is 0.587. The van der Waals surface area contributed by atoms with Crippen LogP contribution in [0.4, 0.5) is 0 Å². The van der Waals surface area contributed by atoms with Crippen LogP contribution in [-0.4, -0.2) is 31.4 Å². The lowest BCUT2D eigenvalue weighted by Gasteiger charge is -2.04. The Morgan fingerprint density at radius 3 is 1.39 bits per heavy atom. The molecule has 28 heavy (non-hydrogen) atoms. The molecular formula is C20H30N4O2S2. The molecule has 0 saturated heterocycles. The summed E-state index contributed by atoms with van der Waals surface area (Å²) < 4.78 is 0. The number of unbranched alkanes of at least 4 members (excludes halogenated alkanes) is 7. The van der Waals surface area contributed by atoms with Crippen LogP contribution in [0.2, 0.25) is 0 Å². The standard InChI is InChI=1S/C20H30N4O2S2/c1-15-13-17(25)23-19(21-15)27-11-9-7-5-3-4-6-8-10-12-28-20-22-16(2)14-18(26)24-20/h13-14H,3-12H2,1-2H3,(H,21,23,25)(H,22,24,26). The Morgan fingerprint density at radius 1 is 0.679 bits per heavy atom. The van der Waals surface area contributed by atoms with Crippen LogP contribution in [0.15, 0.2) is 32.0 Å². The predicted molar refractivity (Wildman–Crippen MR) is 118 cm³/mol. The molecule has 0 spiro atoms. The van der Waals surface area contributed by atoms with Crippen LogP contribution < -0.4 is 11.1 Å². The zero-order valence-electron chi connectivity index (χ0n) is 16.8. The van der Waals surface area contributed by atoms with Crippen molar-refractivity contribution in [3.05, 3.63) is 44.2 Å². The third-order valence-electron chi connectivity index (χ3n) is 4.21. The van der Waals surface area contributed by atoms with Gasteiger partial charge < -0.3 is 9.97 Å². The van der Waals surface area contributed by atoms with Crippen LogP contribution in [0.5, 0.6) is 0 Å². The van der Waals surface area contributed by atoms with Gasteiger partial charge >= 0.3 is 0 Å². The Balaban J connectivity index is 1.41. The summed E-state index contributed by atoms with van der Waals surface area (Å²) in [6.07, 6.45) is 9.86. The van der Waals surface area contributed by atoms with Crippen molar-refractivity contribution in [2.24, 2.45) is 0 Å². The third kappa shape index (κ3) is 9.59. The maximum Gasteiger partial charge on any atom is 0.251 e. The smallest absolute Gasteiger partial charge is 0.251 e. The van der Waals surface area contributed by atoms with Crippen LogP contribution in [0, 0.1) is 13.8 Å². The van der Waals surface area contributed by atoms with Crippen LogP contribution in [0.3, 0.4) is 0 Å². The highest BCUT2D eigenvalue weighted by Crippen LogP contribution is 2.17. The van der Waals surface area contributed by atoms with Gasteiger partial charge in [0.15, 0.2) is 10.3 Å². The largest absolute Gasteiger partial charge is 0.301 e. The minimum Gasteiger partial charge on any atom is -0.301 e. The highest BCUT2D eigenvalue weighted by atomic mass is 32.2. The van der Waals surface area contributed by atoms with Gasteiger partial charge in [0.2, 0.25) is 0 Å². The Bertz CT molecular complexity index is 766. The Morgan fingerprint density at radius 2 is 1.04 bits per heavy atom. The van der Waals surface area contributed by atoms with Crippen molar-refractivity contribution in [3.63, 3.8) is 0 Å². The number of rotatable bonds is 13. The Labute approximate surface area is 174 Å². The molecule has 2 rings (SSSR count). The van der Waals surface area contributed by atoms with E-state index >= 15 is 0 Å². The second-order valence-electron chi connectivity index (χ2n) is 6.91. The van der Waals surface area contributed by atoms with Gasteiger partial charge in [-0.05, 0) is 26.7 Å². The van der Waals surface area contributed by atoms with E-state index in [1.54, 1.807) is 23.5 Å². The second kappa shape index (κ2) is 12.8. The predicted octanol–water partition coefficient (Wildman–Crippen LogP) is 4.48. The number of aryl methyl sites for hydroxylation is 2. The number of H-pyrrole nitrogens is 2. The van der Waals surface area contributed by atoms with Gasteiger partial charge in [-0.15, -0.1) is 0 Å². The van der Waals surface area contributed by atoms with E-state index < -0.39 is 0 Å². The topological polar surface area (TPSA) is 91.5 Å². The van der Waals surface area contributed by atoms with E-state index in [9.17, 15) is 9.59 Å². The van der Waals surface area contributed by atoms with Crippen LogP contribution >= 0.6 is 23.5 Å². The molecule has 2 aromatic heterocycles. The molecule has 0 aliphatic rings. The summed E-state index contributed by atoms with van der Waals surface area (Å²) in [7, 11) is 0. The summed E-state index contributed by atoms with van der Waals surface area (Å²) >= 11 is 3.26. The van der Waals surface area contributed by atoms with Crippen molar-refractivity contribution in [1.29, 1.82) is 0 Å². The van der Waals surface area contributed by atoms with Crippen molar-refractivity contribution in [2.45, 2.75) is 75.5 Å². The van der Waals surface area contributed by atoms with Crippen molar-refractivity contribution >= 4 is 23.5 Å². The molecule has 0 fully saturated rings. The van der Waals surface area contributed by atoms with Crippen LogP contribution in [0.25, 0.3) is 0 Å². The summed E-state index contributed by atoms with van der Waals surface area (Å²) in [5.74, 6) is 2.00. The van der Waals surface area contributed by atoms with E-state index in [1.807, 2.05) is 13.8 Å². The van der Waals surface area contributed by atoms with Gasteiger partial charge in [0.1, 0.15) is 0 Å². The van der Waals surface area contributed by atoms with E-state index in [1.165, 1.54) is 50.7 Å². The molecule has 0 atom stereocenters. The molecule has 154 valence electrons. The van der Waals surface area contributed by atoms with Gasteiger partial charge in [0.25, 0.3) is 11.1 Å². The molecule has 0 bridgehead atoms. The maximum absolute atomic E-state index is 11.4. The van der Waals surface area contributed by atoms with Gasteiger partial charge in [-0.25, -0.2) is 9.97 Å². The van der Waals surface area contributed by atoms with Gasteiger partial charge in [-0.3, -0.25) is 9.59 Å². The maximum atomic E-state index is 11.4. The average molecular weight is 423 g/mol. The molecule has 0 unspecified atom stereocenters.